The fraction of sp³-hybridized carbons (Fsp3) is 0.130. The molecule has 0 unspecified atom stereocenters. The van der Waals surface area contributed by atoms with Crippen LogP contribution in [0.25, 0.3) is 28.0 Å². The molecule has 0 aliphatic rings. The summed E-state index contributed by atoms with van der Waals surface area (Å²) in [6.45, 7) is 1.51. The molecule has 34 heavy (non-hydrogen) atoms. The summed E-state index contributed by atoms with van der Waals surface area (Å²) in [6.07, 6.45) is 3.50. The van der Waals surface area contributed by atoms with Gasteiger partial charge >= 0.3 is 0 Å². The van der Waals surface area contributed by atoms with Gasteiger partial charge in [-0.05, 0) is 30.5 Å². The third-order valence-corrected chi connectivity index (χ3v) is 7.01. The first-order valence-electron chi connectivity index (χ1n) is 10.4. The number of anilines is 1. The smallest absolute Gasteiger partial charge is 0.243 e. The predicted octanol–water partition coefficient (Wildman–Crippen LogP) is 3.98. The summed E-state index contributed by atoms with van der Waals surface area (Å²) in [7, 11) is -3.94. The number of fused-ring (bicyclic) bond motifs is 1. The summed E-state index contributed by atoms with van der Waals surface area (Å²) in [6, 6.07) is 16.8. The van der Waals surface area contributed by atoms with Crippen LogP contribution in [0.4, 0.5) is 10.3 Å². The van der Waals surface area contributed by atoms with Crippen LogP contribution < -0.4 is 4.72 Å². The Kier molecular flexibility index (Phi) is 5.54. The molecule has 0 spiro atoms. The summed E-state index contributed by atoms with van der Waals surface area (Å²) < 4.78 is 49.1. The monoisotopic (exact) mass is 478 g/mol. The van der Waals surface area contributed by atoms with E-state index in [1.165, 1.54) is 13.2 Å². The summed E-state index contributed by atoms with van der Waals surface area (Å²) >= 11 is 0. The van der Waals surface area contributed by atoms with E-state index in [4.69, 9.17) is 4.42 Å². The van der Waals surface area contributed by atoms with Crippen LogP contribution in [-0.4, -0.2) is 38.4 Å². The maximum absolute atomic E-state index is 13.2. The Morgan fingerprint density at radius 1 is 1.03 bits per heavy atom. The molecule has 3 heterocycles. The molecule has 172 valence electrons. The molecule has 1 N–H and O–H groups in total. The molecule has 0 saturated carbocycles. The quantitative estimate of drug-likeness (QED) is 0.376. The van der Waals surface area contributed by atoms with Crippen molar-refractivity contribution in [3.05, 3.63) is 84.9 Å². The summed E-state index contributed by atoms with van der Waals surface area (Å²) in [5, 5.41) is 9.25. The Labute approximate surface area is 194 Å². The van der Waals surface area contributed by atoms with Crippen molar-refractivity contribution in [3.8, 4) is 17.3 Å². The molecule has 9 nitrogen and oxygen atoms in total. The number of sulfonamides is 1. The van der Waals surface area contributed by atoms with Crippen LogP contribution in [0.3, 0.4) is 0 Å². The van der Waals surface area contributed by atoms with Gasteiger partial charge in [0.15, 0.2) is 11.6 Å². The molecular formula is C23H19FN6O3S. The second-order valence-electron chi connectivity index (χ2n) is 7.64. The topological polar surface area (TPSA) is 116 Å². The lowest BCUT2D eigenvalue weighted by molar-refractivity contribution is 0.575. The molecule has 0 radical (unpaired) electrons. The zero-order chi connectivity index (χ0) is 23.7. The first kappa shape index (κ1) is 21.7. The Morgan fingerprint density at radius 3 is 2.56 bits per heavy atom. The van der Waals surface area contributed by atoms with E-state index < -0.39 is 21.1 Å². The van der Waals surface area contributed by atoms with Gasteiger partial charge in [0.2, 0.25) is 21.8 Å². The molecule has 2 aromatic carbocycles. The van der Waals surface area contributed by atoms with E-state index in [1.54, 1.807) is 16.7 Å². The van der Waals surface area contributed by atoms with Crippen LogP contribution in [0, 0.1) is 5.82 Å². The predicted molar refractivity (Wildman–Crippen MR) is 124 cm³/mol. The molecule has 0 bridgehead atoms. The average Bonchev–Trinajstić information content (AvgIpc) is 3.50. The Morgan fingerprint density at radius 2 is 1.79 bits per heavy atom. The van der Waals surface area contributed by atoms with Gasteiger partial charge in [-0.3, -0.25) is 9.29 Å². The van der Waals surface area contributed by atoms with E-state index in [9.17, 15) is 12.8 Å². The van der Waals surface area contributed by atoms with E-state index in [0.717, 1.165) is 23.2 Å². The highest BCUT2D eigenvalue weighted by Gasteiger charge is 2.27. The highest BCUT2D eigenvalue weighted by Crippen LogP contribution is 2.31. The first-order valence-corrected chi connectivity index (χ1v) is 11.9. The number of halogens is 1. The summed E-state index contributed by atoms with van der Waals surface area (Å²) in [4.78, 5) is 7.70. The number of aromatic nitrogens is 5. The Bertz CT molecular complexity index is 1540. The highest BCUT2D eigenvalue weighted by molar-refractivity contribution is 7.93. The van der Waals surface area contributed by atoms with Gasteiger partial charge in [-0.15, -0.1) is 10.2 Å². The van der Waals surface area contributed by atoms with Crippen LogP contribution >= 0.6 is 0 Å². The van der Waals surface area contributed by atoms with Crippen molar-refractivity contribution in [2.24, 2.45) is 0 Å². The standard InChI is InChI=1S/C23H19FN6O3S/c1-15(12-21-25-13-17(24)14-26-21)34(31,32)29-23-28-27-22(20-10-5-11-33-20)30(23)19-9-4-7-16-6-2-3-8-18(16)19/h2-11,13-15H,12H2,1H3,(H,28,29)/t15-/m0/s1. The van der Waals surface area contributed by atoms with E-state index in [0.29, 0.717) is 17.3 Å². The number of benzene rings is 2. The maximum atomic E-state index is 13.2. The molecular weight excluding hydrogens is 459 g/mol. The van der Waals surface area contributed by atoms with Crippen molar-refractivity contribution in [3.63, 3.8) is 0 Å². The van der Waals surface area contributed by atoms with Gasteiger partial charge in [-0.2, -0.15) is 0 Å². The number of nitrogens with one attached hydrogen (secondary N) is 1. The Balaban J connectivity index is 1.56. The fourth-order valence-electron chi connectivity index (χ4n) is 3.59. The third-order valence-electron chi connectivity index (χ3n) is 5.32. The molecule has 5 rings (SSSR count). The maximum Gasteiger partial charge on any atom is 0.243 e. The molecule has 11 heteroatoms. The second-order valence-corrected chi connectivity index (χ2v) is 9.74. The number of hydrogen-bond acceptors (Lipinski definition) is 7. The van der Waals surface area contributed by atoms with Crippen LogP contribution in [0.15, 0.2) is 77.7 Å². The zero-order valence-electron chi connectivity index (χ0n) is 18.0. The molecule has 1 atom stereocenters. The van der Waals surface area contributed by atoms with Crippen LogP contribution in [-0.2, 0) is 16.4 Å². The lowest BCUT2D eigenvalue weighted by atomic mass is 10.1. The van der Waals surface area contributed by atoms with Crippen LogP contribution in [0.1, 0.15) is 12.7 Å². The minimum Gasteiger partial charge on any atom is -0.461 e. The number of nitrogens with zero attached hydrogens (tertiary/aromatic N) is 5. The fourth-order valence-corrected chi connectivity index (χ4v) is 4.54. The first-order chi connectivity index (χ1) is 16.4. The SMILES string of the molecule is C[C@@H](Cc1ncc(F)cn1)S(=O)(=O)Nc1nnc(-c2ccco2)n1-c1cccc2ccccc12. The number of hydrogen-bond donors (Lipinski definition) is 1. The zero-order valence-corrected chi connectivity index (χ0v) is 18.8. The van der Waals surface area contributed by atoms with E-state index in [-0.39, 0.29) is 18.2 Å². The molecule has 3 aromatic heterocycles. The van der Waals surface area contributed by atoms with Gasteiger partial charge < -0.3 is 4.42 Å². The van der Waals surface area contributed by atoms with E-state index in [1.807, 2.05) is 42.5 Å². The number of rotatable bonds is 7. The van der Waals surface area contributed by atoms with Gasteiger partial charge in [0, 0.05) is 11.8 Å². The van der Waals surface area contributed by atoms with Crippen molar-refractivity contribution >= 4 is 26.7 Å². The van der Waals surface area contributed by atoms with Gasteiger partial charge in [0.1, 0.15) is 5.82 Å². The molecule has 0 aliphatic carbocycles. The molecule has 5 aromatic rings. The van der Waals surface area contributed by atoms with Crippen molar-refractivity contribution in [1.82, 2.24) is 24.7 Å². The van der Waals surface area contributed by atoms with Crippen molar-refractivity contribution < 1.29 is 17.2 Å². The van der Waals surface area contributed by atoms with Gasteiger partial charge in [-0.1, -0.05) is 36.4 Å². The van der Waals surface area contributed by atoms with Crippen LogP contribution in [0.2, 0.25) is 0 Å². The molecule has 0 amide bonds. The Hall–Kier alpha value is -4.12. The largest absolute Gasteiger partial charge is 0.461 e. The highest BCUT2D eigenvalue weighted by atomic mass is 32.2. The van der Waals surface area contributed by atoms with Crippen LogP contribution in [0.5, 0.6) is 0 Å². The van der Waals surface area contributed by atoms with Crippen molar-refractivity contribution in [1.29, 1.82) is 0 Å². The van der Waals surface area contributed by atoms with Gasteiger partial charge in [-0.25, -0.2) is 22.8 Å². The lowest BCUT2D eigenvalue weighted by Gasteiger charge is -2.16. The van der Waals surface area contributed by atoms with Crippen molar-refractivity contribution in [2.75, 3.05) is 4.72 Å². The molecule has 0 fully saturated rings. The molecule has 0 saturated heterocycles. The average molecular weight is 479 g/mol. The third kappa shape index (κ3) is 4.13. The van der Waals surface area contributed by atoms with Gasteiger partial charge in [0.05, 0.1) is 29.6 Å². The molecule has 0 aliphatic heterocycles. The van der Waals surface area contributed by atoms with Gasteiger partial charge in [0.25, 0.3) is 0 Å². The second kappa shape index (κ2) is 8.67. The van der Waals surface area contributed by atoms with E-state index >= 15 is 0 Å². The summed E-state index contributed by atoms with van der Waals surface area (Å²) in [5.74, 6) is 0.402. The number of furan rings is 1. The lowest BCUT2D eigenvalue weighted by Crippen LogP contribution is -2.29. The summed E-state index contributed by atoms with van der Waals surface area (Å²) in [5.41, 5.74) is 0.682. The normalized spacial score (nSPS) is 12.6. The van der Waals surface area contributed by atoms with Crippen molar-refractivity contribution in [2.45, 2.75) is 18.6 Å². The minimum atomic E-state index is -3.94. The van der Waals surface area contributed by atoms with E-state index in [2.05, 4.69) is 24.9 Å². The minimum absolute atomic E-state index is 0.00891.